The number of fused-ring (bicyclic) bond motifs is 5. The first kappa shape index (κ1) is 18.1. The zero-order valence-electron chi connectivity index (χ0n) is 15.6. The fourth-order valence-corrected chi connectivity index (χ4v) is 5.83. The van der Waals surface area contributed by atoms with Gasteiger partial charge in [0.2, 0.25) is 0 Å². The monoisotopic (exact) mass is 418 g/mol. The number of nitrogens with zero attached hydrogens (tertiary/aromatic N) is 1. The number of nitrogens with one attached hydrogen (secondary N) is 1. The largest absolute Gasteiger partial charge is 0.469 e. The molecule has 4 rings (SSSR count). The summed E-state index contributed by atoms with van der Waals surface area (Å²) in [6.45, 7) is 4.57. The Balaban J connectivity index is 1.81. The molecule has 2 atom stereocenters. The molecule has 0 amide bonds. The summed E-state index contributed by atoms with van der Waals surface area (Å²) in [5.41, 5.74) is 4.12. The third kappa shape index (κ3) is 2.71. The number of carbonyl (C=O) groups is 1. The van der Waals surface area contributed by atoms with Crippen LogP contribution >= 0.6 is 15.9 Å². The molecule has 2 aliphatic rings. The number of esters is 1. The summed E-state index contributed by atoms with van der Waals surface area (Å²) in [5, 5.41) is 1.35. The third-order valence-corrected chi connectivity index (χ3v) is 7.11. The number of carbonyl (C=O) groups excluding carboxylic acids is 1. The second-order valence-electron chi connectivity index (χ2n) is 7.64. The lowest BCUT2D eigenvalue weighted by Gasteiger charge is -2.54. The minimum atomic E-state index is -0.0926. The fourth-order valence-electron chi connectivity index (χ4n) is 5.47. The van der Waals surface area contributed by atoms with Crippen LogP contribution in [0.4, 0.5) is 0 Å². The zero-order valence-corrected chi connectivity index (χ0v) is 17.2. The van der Waals surface area contributed by atoms with Crippen molar-refractivity contribution in [2.45, 2.75) is 51.0 Å². The molecule has 1 aromatic heterocycles. The van der Waals surface area contributed by atoms with Crippen LogP contribution in [-0.2, 0) is 21.5 Å². The third-order valence-electron chi connectivity index (χ3n) is 6.62. The number of halogens is 1. The van der Waals surface area contributed by atoms with Crippen molar-refractivity contribution in [3.63, 3.8) is 0 Å². The molecule has 1 N–H and O–H groups in total. The Bertz CT molecular complexity index is 831. The fraction of sp³-hybridized carbons (Fsp3) is 0.571. The van der Waals surface area contributed by atoms with Gasteiger partial charge in [-0.15, -0.1) is 0 Å². The minimum Gasteiger partial charge on any atom is -0.469 e. The van der Waals surface area contributed by atoms with E-state index in [4.69, 9.17) is 4.74 Å². The van der Waals surface area contributed by atoms with Gasteiger partial charge in [-0.1, -0.05) is 28.9 Å². The standard InChI is InChI=1S/C21H27BrN2O2/c1-3-21-14(6-9-19(25)26-2)5-4-11-24(21)12-10-17-16-8-7-15(22)13-18(16)23-20(17)21/h7-8,13-14,23H,3-6,9-12H2,1-2H3/t14?,21-/m0/s1. The molecule has 26 heavy (non-hydrogen) atoms. The molecule has 0 bridgehead atoms. The summed E-state index contributed by atoms with van der Waals surface area (Å²) in [6.07, 6.45) is 5.98. The van der Waals surface area contributed by atoms with Crippen molar-refractivity contribution in [1.82, 2.24) is 9.88 Å². The molecule has 0 spiro atoms. The van der Waals surface area contributed by atoms with Gasteiger partial charge in [0.05, 0.1) is 12.6 Å². The highest BCUT2D eigenvalue weighted by Gasteiger charge is 2.50. The highest BCUT2D eigenvalue weighted by Crippen LogP contribution is 2.51. The van der Waals surface area contributed by atoms with Crippen molar-refractivity contribution in [2.75, 3.05) is 20.2 Å². The Morgan fingerprint density at radius 2 is 2.27 bits per heavy atom. The zero-order chi connectivity index (χ0) is 18.3. The average molecular weight is 419 g/mol. The van der Waals surface area contributed by atoms with Crippen LogP contribution in [0.5, 0.6) is 0 Å². The van der Waals surface area contributed by atoms with E-state index in [1.165, 1.54) is 42.1 Å². The van der Waals surface area contributed by atoms with Gasteiger partial charge in [-0.3, -0.25) is 9.69 Å². The van der Waals surface area contributed by atoms with Gasteiger partial charge in [0, 0.05) is 34.0 Å². The van der Waals surface area contributed by atoms with Crippen LogP contribution in [0.2, 0.25) is 0 Å². The van der Waals surface area contributed by atoms with Crippen LogP contribution in [0.1, 0.15) is 50.3 Å². The number of aromatic amines is 1. The number of methoxy groups -OCH3 is 1. The van der Waals surface area contributed by atoms with E-state index >= 15 is 0 Å². The molecule has 1 fully saturated rings. The lowest BCUT2D eigenvalue weighted by Crippen LogP contribution is -2.57. The lowest BCUT2D eigenvalue weighted by atomic mass is 9.67. The number of aromatic nitrogens is 1. The van der Waals surface area contributed by atoms with Gasteiger partial charge in [0.15, 0.2) is 0 Å². The SMILES string of the molecule is CC[C@]12c3[nH]c4cc(Br)ccc4c3CCN1CCCC2CCC(=O)OC. The van der Waals surface area contributed by atoms with Crippen LogP contribution in [0.15, 0.2) is 22.7 Å². The van der Waals surface area contributed by atoms with Gasteiger partial charge in [-0.05, 0) is 62.3 Å². The van der Waals surface area contributed by atoms with E-state index < -0.39 is 0 Å². The first-order valence-corrected chi connectivity index (χ1v) is 10.5. The first-order chi connectivity index (χ1) is 12.6. The second-order valence-corrected chi connectivity index (χ2v) is 8.55. The molecule has 2 aliphatic heterocycles. The molecule has 3 heterocycles. The maximum absolute atomic E-state index is 11.8. The van der Waals surface area contributed by atoms with Crippen LogP contribution < -0.4 is 0 Å². The lowest BCUT2D eigenvalue weighted by molar-refractivity contribution is -0.141. The average Bonchev–Trinajstić information content (AvgIpc) is 3.03. The molecule has 0 saturated carbocycles. The van der Waals surface area contributed by atoms with E-state index in [1.807, 2.05) is 0 Å². The summed E-state index contributed by atoms with van der Waals surface area (Å²) in [5.74, 6) is 0.390. The second kappa shape index (κ2) is 7.01. The molecule has 1 saturated heterocycles. The predicted octanol–water partition coefficient (Wildman–Crippen LogP) is 4.76. The Morgan fingerprint density at radius 3 is 3.04 bits per heavy atom. The van der Waals surface area contributed by atoms with Crippen molar-refractivity contribution in [3.8, 4) is 0 Å². The van der Waals surface area contributed by atoms with Crippen LogP contribution in [-0.4, -0.2) is 36.1 Å². The van der Waals surface area contributed by atoms with E-state index in [2.05, 4.69) is 50.9 Å². The van der Waals surface area contributed by atoms with E-state index in [-0.39, 0.29) is 11.5 Å². The summed E-state index contributed by atoms with van der Waals surface area (Å²) < 4.78 is 6.02. The van der Waals surface area contributed by atoms with E-state index in [0.717, 1.165) is 36.8 Å². The summed E-state index contributed by atoms with van der Waals surface area (Å²) in [7, 11) is 1.49. The number of hydrogen-bond donors (Lipinski definition) is 1. The van der Waals surface area contributed by atoms with E-state index in [9.17, 15) is 4.79 Å². The minimum absolute atomic E-state index is 0.0192. The van der Waals surface area contributed by atoms with Crippen LogP contribution in [0.25, 0.3) is 10.9 Å². The normalized spacial score (nSPS) is 25.7. The number of hydrogen-bond acceptors (Lipinski definition) is 3. The maximum atomic E-state index is 11.8. The predicted molar refractivity (Wildman–Crippen MR) is 107 cm³/mol. The maximum Gasteiger partial charge on any atom is 0.305 e. The summed E-state index contributed by atoms with van der Waals surface area (Å²) in [4.78, 5) is 18.3. The van der Waals surface area contributed by atoms with Crippen molar-refractivity contribution in [1.29, 1.82) is 0 Å². The van der Waals surface area contributed by atoms with E-state index in [1.54, 1.807) is 0 Å². The van der Waals surface area contributed by atoms with Gasteiger partial charge in [-0.25, -0.2) is 0 Å². The number of piperidine rings is 1. The van der Waals surface area contributed by atoms with Gasteiger partial charge >= 0.3 is 5.97 Å². The molecule has 140 valence electrons. The molecular weight excluding hydrogens is 392 g/mol. The molecule has 5 heteroatoms. The molecule has 4 nitrogen and oxygen atoms in total. The Morgan fingerprint density at radius 1 is 1.42 bits per heavy atom. The molecular formula is C21H27BrN2O2. The molecule has 0 radical (unpaired) electrons. The van der Waals surface area contributed by atoms with Crippen molar-refractivity contribution < 1.29 is 9.53 Å². The van der Waals surface area contributed by atoms with E-state index in [0.29, 0.717) is 12.3 Å². The Labute approximate surface area is 163 Å². The van der Waals surface area contributed by atoms with Gasteiger partial charge in [0.1, 0.15) is 0 Å². The topological polar surface area (TPSA) is 45.3 Å². The highest BCUT2D eigenvalue weighted by atomic mass is 79.9. The molecule has 2 aromatic rings. The van der Waals surface area contributed by atoms with Gasteiger partial charge in [0.25, 0.3) is 0 Å². The number of rotatable bonds is 4. The molecule has 0 aliphatic carbocycles. The van der Waals surface area contributed by atoms with Crippen molar-refractivity contribution >= 4 is 32.8 Å². The van der Waals surface area contributed by atoms with Crippen molar-refractivity contribution in [2.24, 2.45) is 5.92 Å². The van der Waals surface area contributed by atoms with Crippen LogP contribution in [0.3, 0.4) is 0 Å². The number of H-pyrrole nitrogens is 1. The Hall–Kier alpha value is -1.33. The number of benzene rings is 1. The first-order valence-electron chi connectivity index (χ1n) is 9.72. The smallest absolute Gasteiger partial charge is 0.305 e. The van der Waals surface area contributed by atoms with Crippen LogP contribution in [0, 0.1) is 5.92 Å². The summed E-state index contributed by atoms with van der Waals surface area (Å²) in [6, 6.07) is 6.56. The molecule has 1 aromatic carbocycles. The summed E-state index contributed by atoms with van der Waals surface area (Å²) >= 11 is 3.60. The molecule has 1 unspecified atom stereocenters. The highest BCUT2D eigenvalue weighted by molar-refractivity contribution is 9.10. The van der Waals surface area contributed by atoms with Gasteiger partial charge in [-0.2, -0.15) is 0 Å². The number of ether oxygens (including phenoxy) is 1. The quantitative estimate of drug-likeness (QED) is 0.727. The Kier molecular flexibility index (Phi) is 4.86. The van der Waals surface area contributed by atoms with Crippen molar-refractivity contribution in [3.05, 3.63) is 33.9 Å². The van der Waals surface area contributed by atoms with Gasteiger partial charge < -0.3 is 9.72 Å².